The number of benzene rings is 1. The summed E-state index contributed by atoms with van der Waals surface area (Å²) < 4.78 is 65.6. The van der Waals surface area contributed by atoms with Crippen molar-refractivity contribution in [1.82, 2.24) is 19.8 Å². The maximum absolute atomic E-state index is 12.5. The molecule has 0 radical (unpaired) electrons. The van der Waals surface area contributed by atoms with Crippen molar-refractivity contribution < 1.29 is 26.4 Å². The number of nitrogens with one attached hydrogen (secondary N) is 2. The predicted molar refractivity (Wildman–Crippen MR) is 88.9 cm³/mol. The summed E-state index contributed by atoms with van der Waals surface area (Å²) in [5.41, 5.74) is -0.724. The molecule has 12 heteroatoms. The monoisotopic (exact) mass is 401 g/mol. The van der Waals surface area contributed by atoms with Gasteiger partial charge in [0, 0.05) is 18.6 Å². The Balaban J connectivity index is 1.66. The van der Waals surface area contributed by atoms with Gasteiger partial charge in [-0.15, -0.1) is 0 Å². The molecule has 144 valence electrons. The number of rotatable bonds is 5. The van der Waals surface area contributed by atoms with Gasteiger partial charge >= 0.3 is 6.18 Å². The van der Waals surface area contributed by atoms with Crippen molar-refractivity contribution >= 4 is 22.1 Å². The number of alkyl halides is 3. The lowest BCUT2D eigenvalue weighted by atomic mass is 10.1. The molecule has 8 nitrogen and oxygen atoms in total. The van der Waals surface area contributed by atoms with Gasteiger partial charge in [0.1, 0.15) is 6.04 Å². The van der Waals surface area contributed by atoms with E-state index in [2.05, 4.69) is 20.1 Å². The second-order valence-electron chi connectivity index (χ2n) is 5.72. The molecule has 2 atom stereocenters. The molecule has 27 heavy (non-hydrogen) atoms. The van der Waals surface area contributed by atoms with Gasteiger partial charge in [-0.25, -0.2) is 18.1 Å². The average Bonchev–Trinajstić information content (AvgIpc) is 3.10. The first kappa shape index (κ1) is 19.0. The molecule has 1 aliphatic heterocycles. The van der Waals surface area contributed by atoms with Crippen molar-refractivity contribution in [2.75, 3.05) is 0 Å². The van der Waals surface area contributed by atoms with Crippen LogP contribution in [0.1, 0.15) is 17.4 Å². The Kier molecular flexibility index (Phi) is 5.02. The molecule has 2 unspecified atom stereocenters. The minimum absolute atomic E-state index is 0.151. The summed E-state index contributed by atoms with van der Waals surface area (Å²) in [4.78, 5) is 16.1. The summed E-state index contributed by atoms with van der Waals surface area (Å²) in [5.74, 6) is -1.20. The van der Waals surface area contributed by atoms with E-state index in [1.165, 1.54) is 10.9 Å². The topological polar surface area (TPSA) is 105 Å². The average molecular weight is 401 g/mol. The number of sulfonamides is 1. The van der Waals surface area contributed by atoms with Crippen molar-refractivity contribution in [3.05, 3.63) is 53.9 Å². The molecule has 2 N–H and O–H groups in total. The second-order valence-corrected chi connectivity index (χ2v) is 7.47. The van der Waals surface area contributed by atoms with Crippen LogP contribution in [-0.4, -0.2) is 36.4 Å². The van der Waals surface area contributed by atoms with Crippen molar-refractivity contribution in [3.63, 3.8) is 0 Å². The van der Waals surface area contributed by atoms with Crippen molar-refractivity contribution in [2.24, 2.45) is 4.99 Å². The molecule has 1 aromatic carbocycles. The van der Waals surface area contributed by atoms with E-state index in [-0.39, 0.29) is 5.56 Å². The number of carbonyl (C=O) groups is 1. The molecule has 1 aromatic heterocycles. The number of hydrogen-bond acceptors (Lipinski definition) is 5. The third-order valence-electron chi connectivity index (χ3n) is 3.65. The van der Waals surface area contributed by atoms with Gasteiger partial charge in [-0.2, -0.15) is 23.0 Å². The fourth-order valence-electron chi connectivity index (χ4n) is 2.38. The highest BCUT2D eigenvalue weighted by atomic mass is 32.2. The largest absolute Gasteiger partial charge is 0.416 e. The molecule has 1 aliphatic rings. The van der Waals surface area contributed by atoms with Crippen molar-refractivity contribution in [3.8, 4) is 0 Å². The highest BCUT2D eigenvalue weighted by Crippen LogP contribution is 2.29. The maximum Gasteiger partial charge on any atom is 0.416 e. The van der Waals surface area contributed by atoms with Crippen LogP contribution in [0, 0.1) is 0 Å². The van der Waals surface area contributed by atoms with Gasteiger partial charge < -0.3 is 5.32 Å². The first-order valence-electron chi connectivity index (χ1n) is 7.63. The second kappa shape index (κ2) is 7.12. The lowest BCUT2D eigenvalue weighted by molar-refractivity contribution is -0.137. The Morgan fingerprint density at radius 1 is 1.22 bits per heavy atom. The highest BCUT2D eigenvalue weighted by Gasteiger charge is 2.31. The van der Waals surface area contributed by atoms with E-state index in [0.29, 0.717) is 0 Å². The minimum Gasteiger partial charge on any atom is -0.314 e. The Bertz CT molecular complexity index is 940. The molecule has 2 aromatic rings. The number of halogens is 3. The van der Waals surface area contributed by atoms with Crippen molar-refractivity contribution in [1.29, 1.82) is 0 Å². The fourth-order valence-corrected chi connectivity index (χ4v) is 3.65. The number of amides is 1. The van der Waals surface area contributed by atoms with E-state index in [0.717, 1.165) is 30.5 Å². The van der Waals surface area contributed by atoms with E-state index in [1.54, 1.807) is 12.3 Å². The Labute approximate surface area is 152 Å². The summed E-state index contributed by atoms with van der Waals surface area (Å²) in [6.07, 6.45) is -1.05. The van der Waals surface area contributed by atoms with E-state index in [4.69, 9.17) is 0 Å². The third-order valence-corrected chi connectivity index (χ3v) is 4.98. The van der Waals surface area contributed by atoms with E-state index in [9.17, 15) is 26.4 Å². The van der Waals surface area contributed by atoms with Gasteiger partial charge in [-0.1, -0.05) is 12.1 Å². The van der Waals surface area contributed by atoms with Gasteiger partial charge in [-0.3, -0.25) is 4.79 Å². The van der Waals surface area contributed by atoms with Crippen LogP contribution < -0.4 is 10.0 Å². The quantitative estimate of drug-likeness (QED) is 0.781. The number of hydrogen-bond donors (Lipinski definition) is 2. The summed E-state index contributed by atoms with van der Waals surface area (Å²) in [6, 6.07) is 4.16. The zero-order valence-corrected chi connectivity index (χ0v) is 14.4. The molecule has 1 amide bonds. The van der Waals surface area contributed by atoms with Crippen LogP contribution in [0.15, 0.2) is 47.7 Å². The number of nitrogens with zero attached hydrogens (tertiary/aromatic N) is 3. The molecule has 2 heterocycles. The zero-order chi connectivity index (χ0) is 19.7. The van der Waals surface area contributed by atoms with Crippen LogP contribution in [0.5, 0.6) is 0 Å². The third kappa shape index (κ3) is 4.71. The molecule has 0 saturated heterocycles. The van der Waals surface area contributed by atoms with Crippen LogP contribution in [0.2, 0.25) is 0 Å². The van der Waals surface area contributed by atoms with Crippen LogP contribution in [0.3, 0.4) is 0 Å². The zero-order valence-electron chi connectivity index (χ0n) is 13.6. The molecular weight excluding hydrogens is 387 g/mol. The summed E-state index contributed by atoms with van der Waals surface area (Å²) in [5, 5.41) is 6.41. The van der Waals surface area contributed by atoms with E-state index in [1.807, 2.05) is 0 Å². The van der Waals surface area contributed by atoms with Crippen LogP contribution in [0.4, 0.5) is 13.2 Å². The van der Waals surface area contributed by atoms with Crippen LogP contribution in [0.25, 0.3) is 0 Å². The lowest BCUT2D eigenvalue weighted by Gasteiger charge is -2.23. The Morgan fingerprint density at radius 3 is 2.48 bits per heavy atom. The van der Waals surface area contributed by atoms with E-state index < -0.39 is 45.8 Å². The van der Waals surface area contributed by atoms with Crippen molar-refractivity contribution in [2.45, 2.75) is 24.3 Å². The number of carbonyl (C=O) groups excluding carboxylic acids is 1. The predicted octanol–water partition coefficient (Wildman–Crippen LogP) is 1.05. The minimum atomic E-state index is -4.50. The molecule has 0 saturated carbocycles. The fraction of sp³-hybridized carbons (Fsp3) is 0.267. The molecule has 0 fully saturated rings. The number of aromatic nitrogens is 2. The van der Waals surface area contributed by atoms with Gasteiger partial charge in [0.05, 0.1) is 11.3 Å². The number of aliphatic imine (C=N–C) groups is 1. The molecule has 0 bridgehead atoms. The van der Waals surface area contributed by atoms with Crippen LogP contribution in [-0.2, 0) is 26.7 Å². The van der Waals surface area contributed by atoms with Gasteiger partial charge in [-0.05, 0) is 23.8 Å². The van der Waals surface area contributed by atoms with Crippen LogP contribution >= 0.6 is 0 Å². The smallest absolute Gasteiger partial charge is 0.314 e. The first-order chi connectivity index (χ1) is 12.6. The first-order valence-corrected chi connectivity index (χ1v) is 9.28. The standard InChI is InChI=1S/C15H14F3N5O3S/c16-15(17,18)11-4-2-10(3-5-11)9-27(25,26)22-12-8-19-14(21-13(12)24)23-7-1-6-20-23/h1-8,12,14,22H,9H2,(H,21,24). The molecule has 0 spiro atoms. The normalized spacial score (nSPS) is 20.5. The van der Waals surface area contributed by atoms with Gasteiger partial charge in [0.15, 0.2) is 0 Å². The highest BCUT2D eigenvalue weighted by molar-refractivity contribution is 7.88. The molecular formula is C15H14F3N5O3S. The summed E-state index contributed by atoms with van der Waals surface area (Å²) >= 11 is 0. The van der Waals surface area contributed by atoms with Gasteiger partial charge in [0.2, 0.25) is 22.2 Å². The molecule has 0 aliphatic carbocycles. The Morgan fingerprint density at radius 2 is 1.93 bits per heavy atom. The summed E-state index contributed by atoms with van der Waals surface area (Å²) in [6.45, 7) is 0. The lowest BCUT2D eigenvalue weighted by Crippen LogP contribution is -2.52. The molecule has 3 rings (SSSR count). The Hall–Kier alpha value is -2.73. The summed E-state index contributed by atoms with van der Waals surface area (Å²) in [7, 11) is -3.99. The van der Waals surface area contributed by atoms with E-state index >= 15 is 0 Å². The SMILES string of the molecule is O=C1NC(n2cccn2)N=CC1NS(=O)(=O)Cc1ccc(C(F)(F)F)cc1. The maximum atomic E-state index is 12.5. The van der Waals surface area contributed by atoms with Gasteiger partial charge in [0.25, 0.3) is 0 Å².